The summed E-state index contributed by atoms with van der Waals surface area (Å²) >= 11 is 1.53. The lowest BCUT2D eigenvalue weighted by atomic mass is 10.3. The van der Waals surface area contributed by atoms with Gasteiger partial charge in [-0.2, -0.15) is 0 Å². The smallest absolute Gasteiger partial charge is 0.123 e. The van der Waals surface area contributed by atoms with Crippen molar-refractivity contribution >= 4 is 17.6 Å². The number of hydrogen-bond donors (Lipinski definition) is 2. The van der Waals surface area contributed by atoms with Crippen molar-refractivity contribution in [2.45, 2.75) is 0 Å². The first-order valence-corrected chi connectivity index (χ1v) is 4.59. The summed E-state index contributed by atoms with van der Waals surface area (Å²) in [6.45, 7) is 0. The molecule has 0 aliphatic carbocycles. The Morgan fingerprint density at radius 3 is 2.58 bits per heavy atom. The summed E-state index contributed by atoms with van der Waals surface area (Å²) in [6, 6.07) is 6.28. The summed E-state index contributed by atoms with van der Waals surface area (Å²) in [5.74, 6) is 0.608. The quantitative estimate of drug-likeness (QED) is 0.427. The molecule has 0 saturated carbocycles. The molecule has 2 N–H and O–H groups in total. The van der Waals surface area contributed by atoms with Crippen LogP contribution in [0.4, 0.5) is 10.1 Å². The Bertz CT molecular complexity index is 225. The van der Waals surface area contributed by atoms with E-state index in [9.17, 15) is 4.39 Å². The Morgan fingerprint density at radius 2 is 2.00 bits per heavy atom. The monoisotopic (exact) mass is 186 g/mol. The third kappa shape index (κ3) is 3.11. The average molecular weight is 186 g/mol. The predicted octanol–water partition coefficient (Wildman–Crippen LogP) is 2.06. The van der Waals surface area contributed by atoms with Gasteiger partial charge in [-0.1, -0.05) is 0 Å². The molecular formula is C8H11FN2S. The molecule has 0 amide bonds. The standard InChI is InChI=1S/C8H11FN2S/c1-10-6-12-11-8-4-2-7(9)3-5-8/h2-5,10-11H,6H2,1H3. The highest BCUT2D eigenvalue weighted by molar-refractivity contribution is 8.00. The summed E-state index contributed by atoms with van der Waals surface area (Å²) in [7, 11) is 1.87. The molecule has 12 heavy (non-hydrogen) atoms. The summed E-state index contributed by atoms with van der Waals surface area (Å²) in [5, 5.41) is 2.98. The van der Waals surface area contributed by atoms with Crippen LogP contribution in [0.1, 0.15) is 0 Å². The van der Waals surface area contributed by atoms with Gasteiger partial charge >= 0.3 is 0 Å². The lowest BCUT2D eigenvalue weighted by Crippen LogP contribution is -2.05. The lowest BCUT2D eigenvalue weighted by molar-refractivity contribution is 0.628. The SMILES string of the molecule is CNCSNc1ccc(F)cc1. The van der Waals surface area contributed by atoms with Gasteiger partial charge < -0.3 is 10.0 Å². The Morgan fingerprint density at radius 1 is 1.33 bits per heavy atom. The Balaban J connectivity index is 2.37. The van der Waals surface area contributed by atoms with Crippen molar-refractivity contribution in [2.24, 2.45) is 0 Å². The summed E-state index contributed by atoms with van der Waals surface area (Å²) in [4.78, 5) is 0. The minimum Gasteiger partial charge on any atom is -0.329 e. The van der Waals surface area contributed by atoms with E-state index in [1.165, 1.54) is 24.1 Å². The molecule has 1 aromatic rings. The van der Waals surface area contributed by atoms with Crippen LogP contribution < -0.4 is 10.0 Å². The maximum absolute atomic E-state index is 12.4. The van der Waals surface area contributed by atoms with E-state index in [0.717, 1.165) is 11.6 Å². The molecule has 0 aromatic heterocycles. The number of hydrogen-bond acceptors (Lipinski definition) is 3. The molecule has 0 bridgehead atoms. The Hall–Kier alpha value is -0.740. The van der Waals surface area contributed by atoms with Crippen LogP contribution in [-0.4, -0.2) is 12.9 Å². The maximum atomic E-state index is 12.4. The van der Waals surface area contributed by atoms with Gasteiger partial charge in [0.2, 0.25) is 0 Å². The largest absolute Gasteiger partial charge is 0.329 e. The molecule has 66 valence electrons. The zero-order valence-corrected chi connectivity index (χ0v) is 7.62. The molecule has 2 nitrogen and oxygen atoms in total. The van der Waals surface area contributed by atoms with Gasteiger partial charge in [0.1, 0.15) is 5.82 Å². The van der Waals surface area contributed by atoms with Crippen molar-refractivity contribution in [1.29, 1.82) is 0 Å². The van der Waals surface area contributed by atoms with Gasteiger partial charge in [0.15, 0.2) is 0 Å². The van der Waals surface area contributed by atoms with E-state index in [1.54, 1.807) is 12.1 Å². The highest BCUT2D eigenvalue weighted by Gasteiger charge is 1.91. The minimum atomic E-state index is -0.209. The molecule has 0 unspecified atom stereocenters. The molecule has 4 heteroatoms. The first-order chi connectivity index (χ1) is 5.83. The Labute approximate surface area is 75.7 Å². The molecular weight excluding hydrogens is 175 g/mol. The second-order valence-electron chi connectivity index (χ2n) is 2.25. The highest BCUT2D eigenvalue weighted by Crippen LogP contribution is 2.12. The molecule has 0 atom stereocenters. The summed E-state index contributed by atoms with van der Waals surface area (Å²) in [6.07, 6.45) is 0. The molecule has 0 radical (unpaired) electrons. The van der Waals surface area contributed by atoms with Crippen molar-refractivity contribution in [3.8, 4) is 0 Å². The van der Waals surface area contributed by atoms with E-state index < -0.39 is 0 Å². The normalized spacial score (nSPS) is 9.83. The van der Waals surface area contributed by atoms with Gasteiger partial charge in [0.25, 0.3) is 0 Å². The number of rotatable bonds is 4. The fourth-order valence-corrected chi connectivity index (χ4v) is 1.23. The van der Waals surface area contributed by atoms with Crippen LogP contribution in [-0.2, 0) is 0 Å². The van der Waals surface area contributed by atoms with Gasteiger partial charge in [-0.15, -0.1) is 0 Å². The fraction of sp³-hybridized carbons (Fsp3) is 0.250. The van der Waals surface area contributed by atoms with Gasteiger partial charge in [0, 0.05) is 5.69 Å². The van der Waals surface area contributed by atoms with Gasteiger partial charge in [-0.3, -0.25) is 0 Å². The molecule has 0 spiro atoms. The van der Waals surface area contributed by atoms with Crippen molar-refractivity contribution in [2.75, 3.05) is 17.6 Å². The zero-order chi connectivity index (χ0) is 8.81. The van der Waals surface area contributed by atoms with E-state index in [0.29, 0.717) is 0 Å². The van der Waals surface area contributed by atoms with E-state index in [2.05, 4.69) is 10.0 Å². The van der Waals surface area contributed by atoms with Crippen molar-refractivity contribution in [3.63, 3.8) is 0 Å². The second-order valence-corrected chi connectivity index (χ2v) is 3.03. The highest BCUT2D eigenvalue weighted by atomic mass is 32.2. The zero-order valence-electron chi connectivity index (χ0n) is 6.80. The molecule has 1 aromatic carbocycles. The van der Waals surface area contributed by atoms with E-state index in [-0.39, 0.29) is 5.82 Å². The average Bonchev–Trinajstić information content (AvgIpc) is 2.09. The van der Waals surface area contributed by atoms with E-state index in [1.807, 2.05) is 7.05 Å². The molecule has 0 heterocycles. The summed E-state index contributed by atoms with van der Waals surface area (Å²) < 4.78 is 15.5. The van der Waals surface area contributed by atoms with Crippen LogP contribution in [0.3, 0.4) is 0 Å². The van der Waals surface area contributed by atoms with Crippen molar-refractivity contribution in [3.05, 3.63) is 30.1 Å². The second kappa shape index (κ2) is 5.00. The summed E-state index contributed by atoms with van der Waals surface area (Å²) in [5.41, 5.74) is 0.914. The first kappa shape index (κ1) is 9.35. The number of halogens is 1. The fourth-order valence-electron chi connectivity index (χ4n) is 0.710. The lowest BCUT2D eigenvalue weighted by Gasteiger charge is -2.03. The molecule has 1 rings (SSSR count). The molecule has 0 aliphatic rings. The van der Waals surface area contributed by atoms with E-state index in [4.69, 9.17) is 0 Å². The third-order valence-corrected chi connectivity index (χ3v) is 2.06. The number of benzene rings is 1. The third-order valence-electron chi connectivity index (χ3n) is 1.25. The topological polar surface area (TPSA) is 24.1 Å². The van der Waals surface area contributed by atoms with Crippen LogP contribution in [0.15, 0.2) is 24.3 Å². The van der Waals surface area contributed by atoms with Crippen molar-refractivity contribution in [1.82, 2.24) is 5.32 Å². The first-order valence-electron chi connectivity index (χ1n) is 3.61. The molecule has 0 saturated heterocycles. The van der Waals surface area contributed by atoms with Crippen LogP contribution in [0.2, 0.25) is 0 Å². The number of nitrogens with one attached hydrogen (secondary N) is 2. The Kier molecular flexibility index (Phi) is 3.90. The predicted molar refractivity (Wildman–Crippen MR) is 51.5 cm³/mol. The molecule has 0 fully saturated rings. The van der Waals surface area contributed by atoms with Gasteiger partial charge in [-0.25, -0.2) is 4.39 Å². The minimum absolute atomic E-state index is 0.209. The van der Waals surface area contributed by atoms with Crippen molar-refractivity contribution < 1.29 is 4.39 Å². The van der Waals surface area contributed by atoms with Gasteiger partial charge in [-0.05, 0) is 43.3 Å². The number of anilines is 1. The van der Waals surface area contributed by atoms with Crippen LogP contribution in [0.25, 0.3) is 0 Å². The van der Waals surface area contributed by atoms with Crippen LogP contribution >= 0.6 is 11.9 Å². The maximum Gasteiger partial charge on any atom is 0.123 e. The van der Waals surface area contributed by atoms with Gasteiger partial charge in [0.05, 0.1) is 5.88 Å². The van der Waals surface area contributed by atoms with E-state index >= 15 is 0 Å². The van der Waals surface area contributed by atoms with Crippen LogP contribution in [0.5, 0.6) is 0 Å². The van der Waals surface area contributed by atoms with Crippen LogP contribution in [0, 0.1) is 5.82 Å². The molecule has 0 aliphatic heterocycles.